The van der Waals surface area contributed by atoms with E-state index in [2.05, 4.69) is 15.5 Å². The van der Waals surface area contributed by atoms with Crippen molar-refractivity contribution in [1.82, 2.24) is 10.6 Å². The van der Waals surface area contributed by atoms with E-state index in [0.717, 1.165) is 51.1 Å². The molecular weight excluding hydrogens is 392 g/mol. The molecule has 5 nitrogen and oxygen atoms in total. The summed E-state index contributed by atoms with van der Waals surface area (Å²) in [6.07, 6.45) is 2.68. The number of ether oxygens (including phenoxy) is 1. The summed E-state index contributed by atoms with van der Waals surface area (Å²) < 4.78 is 18.4. The van der Waals surface area contributed by atoms with Gasteiger partial charge < -0.3 is 20.3 Å². The molecule has 2 N–H and O–H groups in total. The molecule has 0 aromatic heterocycles. The van der Waals surface area contributed by atoms with Crippen molar-refractivity contribution in [2.24, 2.45) is 11.3 Å². The van der Waals surface area contributed by atoms with E-state index in [9.17, 15) is 9.18 Å². The van der Waals surface area contributed by atoms with Gasteiger partial charge in [0, 0.05) is 32.4 Å². The molecule has 0 bridgehead atoms. The van der Waals surface area contributed by atoms with Crippen LogP contribution in [-0.4, -0.2) is 52.3 Å². The summed E-state index contributed by atoms with van der Waals surface area (Å²) in [5.74, 6) is 0.337. The first kappa shape index (κ1) is 24.0. The minimum atomic E-state index is -0.394. The highest BCUT2D eigenvalue weighted by molar-refractivity contribution is 5.85. The number of amides is 1. The number of carbonyl (C=O) groups is 1. The van der Waals surface area contributed by atoms with Gasteiger partial charge >= 0.3 is 0 Å². The molecule has 27 heavy (non-hydrogen) atoms. The number of hydrogen-bond acceptors (Lipinski definition) is 4. The summed E-state index contributed by atoms with van der Waals surface area (Å²) >= 11 is 0. The van der Waals surface area contributed by atoms with Crippen LogP contribution in [0.5, 0.6) is 0 Å². The molecule has 2 aliphatic heterocycles. The quantitative estimate of drug-likeness (QED) is 0.740. The monoisotopic (exact) mass is 421 g/mol. The fourth-order valence-electron chi connectivity index (χ4n) is 3.93. The highest BCUT2D eigenvalue weighted by Gasteiger charge is 2.39. The Kier molecular flexibility index (Phi) is 9.81. The summed E-state index contributed by atoms with van der Waals surface area (Å²) in [5, 5.41) is 6.48. The fraction of sp³-hybridized carbons (Fsp3) is 0.632. The molecule has 1 amide bonds. The molecule has 2 fully saturated rings. The lowest BCUT2D eigenvalue weighted by molar-refractivity contribution is -0.136. The van der Waals surface area contributed by atoms with E-state index >= 15 is 0 Å². The lowest BCUT2D eigenvalue weighted by Gasteiger charge is -2.35. The number of nitrogens with zero attached hydrogens (tertiary/aromatic N) is 1. The Morgan fingerprint density at radius 3 is 2.59 bits per heavy atom. The Morgan fingerprint density at radius 2 is 1.96 bits per heavy atom. The van der Waals surface area contributed by atoms with E-state index in [1.54, 1.807) is 7.11 Å². The van der Waals surface area contributed by atoms with Gasteiger partial charge in [-0.25, -0.2) is 4.39 Å². The highest BCUT2D eigenvalue weighted by Crippen LogP contribution is 2.30. The zero-order valence-electron chi connectivity index (χ0n) is 15.7. The number of anilines is 1. The van der Waals surface area contributed by atoms with Gasteiger partial charge in [-0.3, -0.25) is 4.79 Å². The van der Waals surface area contributed by atoms with Crippen molar-refractivity contribution >= 4 is 36.4 Å². The van der Waals surface area contributed by atoms with E-state index < -0.39 is 5.41 Å². The summed E-state index contributed by atoms with van der Waals surface area (Å²) in [5.41, 5.74) is 0.652. The molecule has 0 aliphatic carbocycles. The molecule has 1 aromatic carbocycles. The molecule has 154 valence electrons. The molecule has 1 aromatic rings. The SMILES string of the molecule is COCC1(C(=O)NCC2CCN(c3ccc(F)cc3)C2)CCNCC1.Cl.Cl. The first-order valence-corrected chi connectivity index (χ1v) is 9.11. The number of rotatable bonds is 6. The van der Waals surface area contributed by atoms with Gasteiger partial charge in [-0.2, -0.15) is 0 Å². The normalized spacial score (nSPS) is 21.1. The van der Waals surface area contributed by atoms with Gasteiger partial charge in [0.15, 0.2) is 0 Å². The van der Waals surface area contributed by atoms with E-state index in [4.69, 9.17) is 4.74 Å². The van der Waals surface area contributed by atoms with Crippen LogP contribution in [-0.2, 0) is 9.53 Å². The maximum Gasteiger partial charge on any atom is 0.228 e. The molecule has 3 rings (SSSR count). The Bertz CT molecular complexity index is 577. The molecule has 1 atom stereocenters. The molecule has 2 heterocycles. The Morgan fingerprint density at radius 1 is 1.30 bits per heavy atom. The van der Waals surface area contributed by atoms with Gasteiger partial charge in [-0.15, -0.1) is 24.8 Å². The minimum absolute atomic E-state index is 0. The van der Waals surface area contributed by atoms with E-state index in [0.29, 0.717) is 19.1 Å². The number of nitrogens with one attached hydrogen (secondary N) is 2. The third-order valence-corrected chi connectivity index (χ3v) is 5.49. The number of halogens is 3. The number of carbonyl (C=O) groups excluding carboxylic acids is 1. The van der Waals surface area contributed by atoms with Crippen molar-refractivity contribution in [3.05, 3.63) is 30.1 Å². The average molecular weight is 422 g/mol. The zero-order chi connectivity index (χ0) is 17.7. The summed E-state index contributed by atoms with van der Waals surface area (Å²) in [7, 11) is 1.66. The van der Waals surface area contributed by atoms with Crippen molar-refractivity contribution < 1.29 is 13.9 Å². The van der Waals surface area contributed by atoms with Gasteiger partial charge in [0.1, 0.15) is 5.82 Å². The molecule has 8 heteroatoms. The molecule has 1 unspecified atom stereocenters. The van der Waals surface area contributed by atoms with E-state index in [1.807, 2.05) is 12.1 Å². The van der Waals surface area contributed by atoms with Crippen LogP contribution in [0.25, 0.3) is 0 Å². The lowest BCUT2D eigenvalue weighted by Crippen LogP contribution is -2.51. The third kappa shape index (κ3) is 5.95. The Balaban J connectivity index is 0.00000182. The van der Waals surface area contributed by atoms with Crippen LogP contribution in [0.15, 0.2) is 24.3 Å². The van der Waals surface area contributed by atoms with Crippen molar-refractivity contribution in [3.63, 3.8) is 0 Å². The smallest absolute Gasteiger partial charge is 0.228 e. The lowest BCUT2D eigenvalue weighted by atomic mass is 9.78. The van der Waals surface area contributed by atoms with Crippen molar-refractivity contribution in [1.29, 1.82) is 0 Å². The Labute approximate surface area is 173 Å². The van der Waals surface area contributed by atoms with Crippen LogP contribution in [0.4, 0.5) is 10.1 Å². The van der Waals surface area contributed by atoms with Gasteiger partial charge in [0.25, 0.3) is 0 Å². The fourth-order valence-corrected chi connectivity index (χ4v) is 3.93. The maximum atomic E-state index is 13.1. The highest BCUT2D eigenvalue weighted by atomic mass is 35.5. The number of piperidine rings is 1. The molecule has 0 saturated carbocycles. The minimum Gasteiger partial charge on any atom is -0.384 e. The molecule has 0 radical (unpaired) electrons. The van der Waals surface area contributed by atoms with Crippen molar-refractivity contribution in [2.45, 2.75) is 19.3 Å². The molecule has 2 saturated heterocycles. The first-order valence-electron chi connectivity index (χ1n) is 9.11. The number of methoxy groups -OCH3 is 1. The topological polar surface area (TPSA) is 53.6 Å². The zero-order valence-corrected chi connectivity index (χ0v) is 17.3. The second kappa shape index (κ2) is 11.1. The number of benzene rings is 1. The maximum absolute atomic E-state index is 13.1. The molecule has 2 aliphatic rings. The van der Waals surface area contributed by atoms with Gasteiger partial charge in [0.2, 0.25) is 5.91 Å². The van der Waals surface area contributed by atoms with Crippen LogP contribution >= 0.6 is 24.8 Å². The van der Waals surface area contributed by atoms with E-state index in [1.165, 1.54) is 12.1 Å². The summed E-state index contributed by atoms with van der Waals surface area (Å²) in [6.45, 7) is 4.73. The second-order valence-corrected chi connectivity index (χ2v) is 7.25. The molecule has 0 spiro atoms. The predicted molar refractivity (Wildman–Crippen MR) is 111 cm³/mol. The van der Waals surface area contributed by atoms with Crippen LogP contribution in [0.2, 0.25) is 0 Å². The van der Waals surface area contributed by atoms with Crippen LogP contribution in [0.3, 0.4) is 0 Å². The van der Waals surface area contributed by atoms with Gasteiger partial charge in [0.05, 0.1) is 12.0 Å². The van der Waals surface area contributed by atoms with Crippen LogP contribution < -0.4 is 15.5 Å². The van der Waals surface area contributed by atoms with E-state index in [-0.39, 0.29) is 36.5 Å². The molecular formula is C19H30Cl2FN3O2. The van der Waals surface area contributed by atoms with Gasteiger partial charge in [-0.1, -0.05) is 0 Å². The summed E-state index contributed by atoms with van der Waals surface area (Å²) in [6, 6.07) is 6.63. The average Bonchev–Trinajstić information content (AvgIpc) is 3.10. The van der Waals surface area contributed by atoms with Crippen LogP contribution in [0, 0.1) is 17.2 Å². The van der Waals surface area contributed by atoms with Gasteiger partial charge in [-0.05, 0) is 62.5 Å². The number of hydrogen-bond donors (Lipinski definition) is 2. The van der Waals surface area contributed by atoms with Crippen molar-refractivity contribution in [3.8, 4) is 0 Å². The third-order valence-electron chi connectivity index (χ3n) is 5.49. The van der Waals surface area contributed by atoms with Crippen LogP contribution in [0.1, 0.15) is 19.3 Å². The van der Waals surface area contributed by atoms with Crippen molar-refractivity contribution in [2.75, 3.05) is 51.3 Å². The second-order valence-electron chi connectivity index (χ2n) is 7.25. The first-order chi connectivity index (χ1) is 12.1. The largest absolute Gasteiger partial charge is 0.384 e. The Hall–Kier alpha value is -1.08. The predicted octanol–water partition coefficient (Wildman–Crippen LogP) is 2.63. The standard InChI is InChI=1S/C19H28FN3O2.2ClH/c1-25-14-19(7-9-21-10-8-19)18(24)22-12-15-6-11-23(13-15)17-4-2-16(20)3-5-17;;/h2-5,15,21H,6-14H2,1H3,(H,22,24);2*1H. The summed E-state index contributed by atoms with van der Waals surface area (Å²) in [4.78, 5) is 15.0.